The molecule has 0 fully saturated rings. The summed E-state index contributed by atoms with van der Waals surface area (Å²) in [4.78, 5) is 15.7. The maximum Gasteiger partial charge on any atom is 0.165 e. The first-order valence-corrected chi connectivity index (χ1v) is 8.69. The number of para-hydroxylation sites is 1. The van der Waals surface area contributed by atoms with Crippen LogP contribution in [0.3, 0.4) is 0 Å². The number of fused-ring (bicyclic) bond motifs is 2. The number of carbonyl (C=O) groups excluding carboxylic acids is 1. The first kappa shape index (κ1) is 16.4. The van der Waals surface area contributed by atoms with Gasteiger partial charge < -0.3 is 15.0 Å². The second kappa shape index (κ2) is 5.88. The molecule has 0 saturated carbocycles. The van der Waals surface area contributed by atoms with Crippen LogP contribution < -0.4 is 10.1 Å². The lowest BCUT2D eigenvalue weighted by Crippen LogP contribution is -2.38. The van der Waals surface area contributed by atoms with E-state index in [0.717, 1.165) is 28.5 Å². The lowest BCUT2D eigenvalue weighted by molar-refractivity contribution is -0.110. The molecule has 0 bridgehead atoms. The maximum absolute atomic E-state index is 14.5. The lowest BCUT2D eigenvalue weighted by atomic mass is 9.84. The molecule has 138 valence electrons. The monoisotopic (exact) mass is 374 g/mol. The number of aromatic amines is 1. The summed E-state index contributed by atoms with van der Waals surface area (Å²) in [5.41, 5.74) is 2.85. The summed E-state index contributed by atoms with van der Waals surface area (Å²) in [6, 6.07) is 12.2. The number of benzene rings is 2. The topological polar surface area (TPSA) is 79.9 Å². The van der Waals surface area contributed by atoms with Crippen LogP contribution in [0.1, 0.15) is 11.1 Å². The van der Waals surface area contributed by atoms with E-state index in [1.165, 1.54) is 19.2 Å². The molecule has 2 aromatic carbocycles. The minimum absolute atomic E-state index is 0.115. The molecule has 1 aliphatic rings. The Hall–Kier alpha value is -3.74. The van der Waals surface area contributed by atoms with E-state index in [2.05, 4.69) is 20.5 Å². The normalized spacial score (nSPS) is 17.5. The fourth-order valence-corrected chi connectivity index (χ4v) is 3.90. The van der Waals surface area contributed by atoms with Gasteiger partial charge in [0.05, 0.1) is 13.3 Å². The Bertz CT molecular complexity index is 1240. The van der Waals surface area contributed by atoms with Crippen LogP contribution in [-0.2, 0) is 10.3 Å². The van der Waals surface area contributed by atoms with E-state index < -0.39 is 11.4 Å². The summed E-state index contributed by atoms with van der Waals surface area (Å²) < 4.78 is 19.5. The lowest BCUT2D eigenvalue weighted by Gasteiger charge is -2.30. The van der Waals surface area contributed by atoms with Crippen LogP contribution >= 0.6 is 0 Å². The number of halogens is 1. The third-order valence-electron chi connectivity index (χ3n) is 5.23. The molecule has 5 rings (SSSR count). The zero-order valence-corrected chi connectivity index (χ0v) is 14.9. The zero-order valence-electron chi connectivity index (χ0n) is 14.9. The smallest absolute Gasteiger partial charge is 0.165 e. The van der Waals surface area contributed by atoms with E-state index in [0.29, 0.717) is 16.8 Å². The summed E-state index contributed by atoms with van der Waals surface area (Å²) in [6.07, 6.45) is 4.19. The molecule has 0 aliphatic carbocycles. The Labute approximate surface area is 159 Å². The van der Waals surface area contributed by atoms with Gasteiger partial charge >= 0.3 is 0 Å². The van der Waals surface area contributed by atoms with Crippen LogP contribution in [0.25, 0.3) is 22.2 Å². The van der Waals surface area contributed by atoms with Crippen molar-refractivity contribution in [1.29, 1.82) is 0 Å². The number of rotatable bonds is 3. The summed E-state index contributed by atoms with van der Waals surface area (Å²) in [7, 11) is 1.40. The van der Waals surface area contributed by atoms with E-state index in [-0.39, 0.29) is 5.75 Å². The summed E-state index contributed by atoms with van der Waals surface area (Å²) in [6.45, 7) is 0. The predicted molar refractivity (Wildman–Crippen MR) is 103 cm³/mol. The number of carbonyl (C=O) groups is 1. The van der Waals surface area contributed by atoms with Crippen molar-refractivity contribution in [3.8, 4) is 16.9 Å². The van der Waals surface area contributed by atoms with Gasteiger partial charge in [0.2, 0.25) is 0 Å². The number of nitrogens with one attached hydrogen (secondary N) is 2. The first-order chi connectivity index (χ1) is 13.7. The second-order valence-electron chi connectivity index (χ2n) is 6.63. The quantitative estimate of drug-likeness (QED) is 0.535. The highest BCUT2D eigenvalue weighted by Gasteiger charge is 2.40. The first-order valence-electron chi connectivity index (χ1n) is 8.69. The second-order valence-corrected chi connectivity index (χ2v) is 6.63. The number of methoxy groups -OCH3 is 1. The summed E-state index contributed by atoms with van der Waals surface area (Å²) in [5.74, 6) is -0.426. The van der Waals surface area contributed by atoms with E-state index in [4.69, 9.17) is 4.74 Å². The van der Waals surface area contributed by atoms with Gasteiger partial charge in [-0.1, -0.05) is 24.3 Å². The van der Waals surface area contributed by atoms with Crippen LogP contribution in [0.5, 0.6) is 5.75 Å². The number of aromatic nitrogens is 3. The number of ether oxygens (including phenoxy) is 1. The van der Waals surface area contributed by atoms with Gasteiger partial charge in [-0.05, 0) is 23.8 Å². The van der Waals surface area contributed by atoms with Crippen molar-refractivity contribution in [3.63, 3.8) is 0 Å². The van der Waals surface area contributed by atoms with Crippen LogP contribution in [0.4, 0.5) is 10.1 Å². The molecule has 3 heterocycles. The number of H-pyrrole nitrogens is 1. The molecular formula is C21H15FN4O2. The average Bonchev–Trinajstić information content (AvgIpc) is 3.12. The standard InChI is InChI=1S/C21H15FN4O2/c1-28-18-7-6-12(8-16(18)22)21(11-27)15-10-23-20-19(15)14(9-24-26-20)13-4-2-3-5-17(13)25-21/h2-11,25H,1H3,(H,23,26). The molecule has 4 aromatic rings. The molecule has 2 N–H and O–H groups in total. The predicted octanol–water partition coefficient (Wildman–Crippen LogP) is 3.64. The highest BCUT2D eigenvalue weighted by Crippen LogP contribution is 2.45. The molecule has 0 amide bonds. The SMILES string of the molecule is COc1ccc(C2(C=O)Nc3ccccc3-c3cnnc4[nH]cc2c34)cc1F. The van der Waals surface area contributed by atoms with Crippen LogP contribution in [0, 0.1) is 5.82 Å². The highest BCUT2D eigenvalue weighted by atomic mass is 19.1. The largest absolute Gasteiger partial charge is 0.494 e. The van der Waals surface area contributed by atoms with Crippen molar-refractivity contribution in [1.82, 2.24) is 15.2 Å². The number of hydrogen-bond donors (Lipinski definition) is 2. The van der Waals surface area contributed by atoms with Crippen LogP contribution in [0.15, 0.2) is 54.9 Å². The Morgan fingerprint density at radius 3 is 2.82 bits per heavy atom. The van der Waals surface area contributed by atoms with E-state index in [1.807, 2.05) is 24.3 Å². The minimum atomic E-state index is -1.31. The molecule has 7 heteroatoms. The van der Waals surface area contributed by atoms with Gasteiger partial charge in [-0.25, -0.2) is 4.39 Å². The van der Waals surface area contributed by atoms with E-state index >= 15 is 0 Å². The van der Waals surface area contributed by atoms with Gasteiger partial charge in [0.15, 0.2) is 23.5 Å². The van der Waals surface area contributed by atoms with Crippen molar-refractivity contribution in [2.24, 2.45) is 0 Å². The zero-order chi connectivity index (χ0) is 19.3. The van der Waals surface area contributed by atoms with Crippen molar-refractivity contribution in [3.05, 3.63) is 71.8 Å². The molecular weight excluding hydrogens is 359 g/mol. The maximum atomic E-state index is 14.5. The minimum Gasteiger partial charge on any atom is -0.494 e. The number of anilines is 1. The van der Waals surface area contributed by atoms with Crippen molar-refractivity contribution in [2.45, 2.75) is 5.54 Å². The Morgan fingerprint density at radius 2 is 2.04 bits per heavy atom. The molecule has 0 spiro atoms. The Morgan fingerprint density at radius 1 is 1.18 bits per heavy atom. The van der Waals surface area contributed by atoms with Crippen LogP contribution in [-0.4, -0.2) is 28.6 Å². The van der Waals surface area contributed by atoms with Gasteiger partial charge in [0.25, 0.3) is 0 Å². The Kier molecular flexibility index (Phi) is 3.45. The van der Waals surface area contributed by atoms with Gasteiger partial charge in [-0.2, -0.15) is 5.10 Å². The van der Waals surface area contributed by atoms with Crippen molar-refractivity contribution >= 4 is 23.0 Å². The summed E-state index contributed by atoms with van der Waals surface area (Å²) >= 11 is 0. The van der Waals surface area contributed by atoms with Gasteiger partial charge in [-0.3, -0.25) is 4.79 Å². The molecule has 1 aliphatic heterocycles. The van der Waals surface area contributed by atoms with Gasteiger partial charge in [-0.15, -0.1) is 5.10 Å². The molecule has 6 nitrogen and oxygen atoms in total. The Balaban J connectivity index is 1.89. The fraction of sp³-hybridized carbons (Fsp3) is 0.0952. The molecule has 28 heavy (non-hydrogen) atoms. The van der Waals surface area contributed by atoms with Gasteiger partial charge in [0, 0.05) is 34.0 Å². The fourth-order valence-electron chi connectivity index (χ4n) is 3.90. The van der Waals surface area contributed by atoms with Crippen molar-refractivity contribution in [2.75, 3.05) is 12.4 Å². The number of nitrogens with zero attached hydrogens (tertiary/aromatic N) is 2. The van der Waals surface area contributed by atoms with Crippen molar-refractivity contribution < 1.29 is 13.9 Å². The third kappa shape index (κ3) is 2.10. The molecule has 0 saturated heterocycles. The van der Waals surface area contributed by atoms with E-state index in [9.17, 15) is 9.18 Å². The summed E-state index contributed by atoms with van der Waals surface area (Å²) in [5, 5.41) is 12.4. The van der Waals surface area contributed by atoms with E-state index in [1.54, 1.807) is 18.5 Å². The molecule has 1 unspecified atom stereocenters. The molecule has 0 radical (unpaired) electrons. The highest BCUT2D eigenvalue weighted by molar-refractivity contribution is 6.04. The third-order valence-corrected chi connectivity index (χ3v) is 5.23. The van der Waals surface area contributed by atoms with Crippen LogP contribution in [0.2, 0.25) is 0 Å². The van der Waals surface area contributed by atoms with Gasteiger partial charge in [0.1, 0.15) is 5.54 Å². The molecule has 2 aromatic heterocycles. The number of hydrogen-bond acceptors (Lipinski definition) is 5. The average molecular weight is 374 g/mol. The molecule has 1 atom stereocenters. The number of aldehydes is 1.